The van der Waals surface area contributed by atoms with Crippen molar-refractivity contribution in [3.8, 4) is 0 Å². The molecular weight excluding hydrogens is 491 g/mol. The molecule has 8 saturated carbocycles. The summed E-state index contributed by atoms with van der Waals surface area (Å²) in [6, 6.07) is 12.4. The molecule has 1 aromatic rings. The lowest BCUT2D eigenvalue weighted by Crippen LogP contribution is -2.53. The summed E-state index contributed by atoms with van der Waals surface area (Å²) in [6.45, 7) is 0.867. The van der Waals surface area contributed by atoms with Crippen molar-refractivity contribution in [3.05, 3.63) is 30.3 Å². The Morgan fingerprint density at radius 3 is 1.05 bits per heavy atom. The van der Waals surface area contributed by atoms with Crippen LogP contribution in [0, 0.1) is 71.0 Å². The molecular formula is C40H59B. The van der Waals surface area contributed by atoms with Crippen LogP contribution in [-0.4, -0.2) is 6.71 Å². The lowest BCUT2D eigenvalue weighted by Gasteiger charge is -2.57. The van der Waals surface area contributed by atoms with E-state index in [9.17, 15) is 0 Å². The lowest BCUT2D eigenvalue weighted by atomic mass is 9.25. The van der Waals surface area contributed by atoms with Gasteiger partial charge in [-0.2, -0.15) is 0 Å². The highest BCUT2D eigenvalue weighted by molar-refractivity contribution is 6.76. The van der Waals surface area contributed by atoms with E-state index in [1.54, 1.807) is 134 Å². The summed E-state index contributed by atoms with van der Waals surface area (Å²) in [5.41, 5.74) is 1.79. The van der Waals surface area contributed by atoms with Crippen molar-refractivity contribution < 1.29 is 0 Å². The van der Waals surface area contributed by atoms with Crippen LogP contribution in [0.15, 0.2) is 30.3 Å². The minimum Gasteiger partial charge on any atom is -0.0795 e. The predicted molar refractivity (Wildman–Crippen MR) is 174 cm³/mol. The third-order valence-corrected chi connectivity index (χ3v) is 16.4. The number of rotatable bonds is 3. The van der Waals surface area contributed by atoms with Crippen molar-refractivity contribution in [3.63, 3.8) is 0 Å². The molecule has 0 heterocycles. The van der Waals surface area contributed by atoms with Gasteiger partial charge in [0, 0.05) is 0 Å². The molecule has 9 rings (SSSR count). The third-order valence-electron chi connectivity index (χ3n) is 16.4. The van der Waals surface area contributed by atoms with Gasteiger partial charge in [-0.1, -0.05) is 124 Å². The van der Waals surface area contributed by atoms with Crippen LogP contribution in [0.2, 0.25) is 11.6 Å². The fraction of sp³-hybridized carbons (Fsp3) is 0.850. The Bertz CT molecular complexity index is 984. The minimum atomic E-state index is 0.867. The summed E-state index contributed by atoms with van der Waals surface area (Å²) >= 11 is 0. The van der Waals surface area contributed by atoms with Crippen LogP contribution in [-0.2, 0) is 0 Å². The van der Waals surface area contributed by atoms with E-state index in [-0.39, 0.29) is 0 Å². The molecule has 0 amide bonds. The first-order valence-electron chi connectivity index (χ1n) is 19.4. The summed E-state index contributed by atoms with van der Waals surface area (Å²) in [4.78, 5) is 0. The van der Waals surface area contributed by atoms with Gasteiger partial charge >= 0.3 is 0 Å². The molecule has 0 N–H and O–H groups in total. The Morgan fingerprint density at radius 1 is 0.341 bits per heavy atom. The van der Waals surface area contributed by atoms with Crippen molar-refractivity contribution in [2.24, 2.45) is 71.0 Å². The standard InChI is InChI=1S/C40H59B/c1-2-12-26(13-3-1)41(37-24-22-35-31-18-6-4-14-27(31)29-16-8-10-20-33(29)39(35)37)38-25-23-36-32-19-7-5-15-28(32)30-17-9-11-21-34(30)40(36)38/h1-3,12-13,27-40H,4-11,14-25H2. The van der Waals surface area contributed by atoms with E-state index in [0.29, 0.717) is 0 Å². The van der Waals surface area contributed by atoms with Gasteiger partial charge in [-0.05, 0) is 122 Å². The second kappa shape index (κ2) is 11.0. The third kappa shape index (κ3) is 4.26. The zero-order valence-electron chi connectivity index (χ0n) is 26.2. The fourth-order valence-electron chi connectivity index (χ4n) is 15.7. The molecule has 0 saturated heterocycles. The summed E-state index contributed by atoms with van der Waals surface area (Å²) in [7, 11) is 0. The smallest absolute Gasteiger partial charge is 0.0795 e. The number of benzene rings is 1. The van der Waals surface area contributed by atoms with E-state index in [2.05, 4.69) is 30.3 Å². The largest absolute Gasteiger partial charge is 0.182 e. The molecule has 14 unspecified atom stereocenters. The van der Waals surface area contributed by atoms with Crippen LogP contribution in [0.4, 0.5) is 0 Å². The molecule has 1 aromatic carbocycles. The summed E-state index contributed by atoms with van der Waals surface area (Å²) in [5.74, 6) is 15.1. The first-order chi connectivity index (χ1) is 20.4. The lowest BCUT2D eigenvalue weighted by molar-refractivity contribution is -0.0516. The van der Waals surface area contributed by atoms with Crippen molar-refractivity contribution in [2.45, 2.75) is 140 Å². The second-order valence-corrected chi connectivity index (χ2v) is 17.3. The van der Waals surface area contributed by atoms with E-state index in [4.69, 9.17) is 0 Å². The quantitative estimate of drug-likeness (QED) is 0.328. The fourth-order valence-corrected chi connectivity index (χ4v) is 15.7. The van der Waals surface area contributed by atoms with Gasteiger partial charge in [-0.15, -0.1) is 0 Å². The molecule has 1 heteroatoms. The Balaban J connectivity index is 1.10. The van der Waals surface area contributed by atoms with Gasteiger partial charge in [0.1, 0.15) is 0 Å². The zero-order valence-corrected chi connectivity index (χ0v) is 26.2. The van der Waals surface area contributed by atoms with Gasteiger partial charge in [-0.3, -0.25) is 0 Å². The second-order valence-electron chi connectivity index (χ2n) is 17.3. The number of hydrogen-bond acceptors (Lipinski definition) is 0. The molecule has 0 radical (unpaired) electrons. The topological polar surface area (TPSA) is 0 Å². The molecule has 8 aliphatic rings. The Morgan fingerprint density at radius 2 is 0.659 bits per heavy atom. The van der Waals surface area contributed by atoms with Gasteiger partial charge in [-0.25, -0.2) is 0 Å². The normalized spacial score (nSPS) is 50.4. The molecule has 14 atom stereocenters. The predicted octanol–water partition coefficient (Wildman–Crippen LogP) is 10.4. The minimum absolute atomic E-state index is 0.867. The Kier molecular flexibility index (Phi) is 7.17. The van der Waals surface area contributed by atoms with Crippen LogP contribution in [0.1, 0.15) is 128 Å². The molecule has 0 aromatic heterocycles. The first-order valence-corrected chi connectivity index (χ1v) is 19.4. The Labute approximate surface area is 253 Å². The monoisotopic (exact) mass is 550 g/mol. The molecule has 8 aliphatic carbocycles. The maximum Gasteiger partial charge on any atom is 0.182 e. The van der Waals surface area contributed by atoms with Crippen LogP contribution in [0.5, 0.6) is 0 Å². The van der Waals surface area contributed by atoms with E-state index in [0.717, 1.165) is 89.4 Å². The zero-order chi connectivity index (χ0) is 26.9. The van der Waals surface area contributed by atoms with Crippen LogP contribution < -0.4 is 5.46 Å². The highest BCUT2D eigenvalue weighted by Gasteiger charge is 2.61. The molecule has 8 fully saturated rings. The van der Waals surface area contributed by atoms with Crippen LogP contribution in [0.3, 0.4) is 0 Å². The summed E-state index contributed by atoms with van der Waals surface area (Å²) < 4.78 is 0. The van der Waals surface area contributed by atoms with Crippen molar-refractivity contribution >= 4 is 12.2 Å². The average Bonchev–Trinajstić information content (AvgIpc) is 3.69. The maximum absolute atomic E-state index is 2.63. The average molecular weight is 551 g/mol. The maximum atomic E-state index is 2.63. The van der Waals surface area contributed by atoms with Crippen LogP contribution >= 0.6 is 0 Å². The highest BCUT2D eigenvalue weighted by Crippen LogP contribution is 2.68. The number of hydrogen-bond donors (Lipinski definition) is 0. The molecule has 0 aliphatic heterocycles. The number of fused-ring (bicyclic) bond motifs is 12. The van der Waals surface area contributed by atoms with E-state index < -0.39 is 0 Å². The highest BCUT2D eigenvalue weighted by atomic mass is 14.6. The van der Waals surface area contributed by atoms with Gasteiger partial charge in [0.15, 0.2) is 6.71 Å². The van der Waals surface area contributed by atoms with Crippen molar-refractivity contribution in [1.29, 1.82) is 0 Å². The van der Waals surface area contributed by atoms with Crippen LogP contribution in [0.25, 0.3) is 0 Å². The van der Waals surface area contributed by atoms with E-state index in [1.165, 1.54) is 0 Å². The molecule has 222 valence electrons. The summed E-state index contributed by atoms with van der Waals surface area (Å²) in [6.07, 6.45) is 31.5. The molecule has 0 spiro atoms. The summed E-state index contributed by atoms with van der Waals surface area (Å²) in [5, 5.41) is 0. The SMILES string of the molecule is c1ccc(B(C2CCC3C4CCCCC4C4CCCCC4C23)C2CCC3C4CCCCC4C4CCCCC4C23)cc1. The molecule has 0 bridgehead atoms. The van der Waals surface area contributed by atoms with E-state index in [1.807, 2.05) is 0 Å². The molecule has 0 nitrogen and oxygen atoms in total. The Hall–Kier alpha value is -0.715. The van der Waals surface area contributed by atoms with Gasteiger partial charge in [0.25, 0.3) is 0 Å². The van der Waals surface area contributed by atoms with Gasteiger partial charge in [0.2, 0.25) is 0 Å². The molecule has 41 heavy (non-hydrogen) atoms. The van der Waals surface area contributed by atoms with Gasteiger partial charge in [0.05, 0.1) is 0 Å². The van der Waals surface area contributed by atoms with E-state index >= 15 is 0 Å². The van der Waals surface area contributed by atoms with Gasteiger partial charge < -0.3 is 0 Å². The first kappa shape index (κ1) is 26.7. The van der Waals surface area contributed by atoms with Crippen molar-refractivity contribution in [1.82, 2.24) is 0 Å². The van der Waals surface area contributed by atoms with Crippen molar-refractivity contribution in [2.75, 3.05) is 0 Å².